The van der Waals surface area contributed by atoms with Gasteiger partial charge in [0.1, 0.15) is 11.3 Å². The van der Waals surface area contributed by atoms with Crippen molar-refractivity contribution >= 4 is 17.9 Å². The number of carbonyl (C=O) groups excluding carboxylic acids is 3. The van der Waals surface area contributed by atoms with Crippen LogP contribution in [0.1, 0.15) is 40.3 Å². The van der Waals surface area contributed by atoms with Crippen LogP contribution in [0.4, 0.5) is 0 Å². The molecule has 8 nitrogen and oxygen atoms in total. The number of pyridine rings is 1. The van der Waals surface area contributed by atoms with Gasteiger partial charge >= 0.3 is 17.9 Å². The average molecular weight is 361 g/mol. The molecule has 26 heavy (non-hydrogen) atoms. The quantitative estimate of drug-likeness (QED) is 0.547. The molecule has 0 aliphatic carbocycles. The van der Waals surface area contributed by atoms with Crippen molar-refractivity contribution in [2.45, 2.75) is 20.3 Å². The summed E-state index contributed by atoms with van der Waals surface area (Å²) < 4.78 is 20.3. The average Bonchev–Trinajstić information content (AvgIpc) is 3.01. The number of hydrogen-bond donors (Lipinski definition) is 0. The van der Waals surface area contributed by atoms with Crippen molar-refractivity contribution in [3.8, 4) is 11.5 Å². The summed E-state index contributed by atoms with van der Waals surface area (Å²) in [4.78, 5) is 40.7. The van der Waals surface area contributed by atoms with Gasteiger partial charge in [0.05, 0.1) is 26.7 Å². The van der Waals surface area contributed by atoms with Gasteiger partial charge in [-0.25, -0.2) is 9.59 Å². The molecule has 2 aromatic rings. The minimum atomic E-state index is -0.792. The first-order chi connectivity index (χ1) is 12.5. The highest BCUT2D eigenvalue weighted by Crippen LogP contribution is 2.32. The molecule has 2 rings (SSSR count). The molecule has 0 spiro atoms. The molecule has 138 valence electrons. The molecule has 0 aromatic carbocycles. The van der Waals surface area contributed by atoms with Crippen LogP contribution in [-0.4, -0.2) is 43.2 Å². The Kier molecular flexibility index (Phi) is 6.48. The second-order valence-corrected chi connectivity index (χ2v) is 5.02. The van der Waals surface area contributed by atoms with Crippen molar-refractivity contribution < 1.29 is 33.0 Å². The predicted molar refractivity (Wildman–Crippen MR) is 89.6 cm³/mol. The Hall–Kier alpha value is -3.16. The second-order valence-electron chi connectivity index (χ2n) is 5.02. The van der Waals surface area contributed by atoms with Crippen molar-refractivity contribution in [3.63, 3.8) is 0 Å². The molecule has 0 unspecified atom stereocenters. The number of hydrogen-bond acceptors (Lipinski definition) is 8. The summed E-state index contributed by atoms with van der Waals surface area (Å²) in [5.74, 6) is -2.39. The van der Waals surface area contributed by atoms with Gasteiger partial charge in [0.2, 0.25) is 5.76 Å². The lowest BCUT2D eigenvalue weighted by atomic mass is 10.0. The Balaban J connectivity index is 2.66. The Morgan fingerprint density at radius 2 is 1.81 bits per heavy atom. The number of rotatable bonds is 7. The van der Waals surface area contributed by atoms with Crippen LogP contribution in [0.5, 0.6) is 0 Å². The maximum absolute atomic E-state index is 12.3. The summed E-state index contributed by atoms with van der Waals surface area (Å²) in [6.07, 6.45) is 1.16. The summed E-state index contributed by atoms with van der Waals surface area (Å²) >= 11 is 0. The zero-order chi connectivity index (χ0) is 19.1. The summed E-state index contributed by atoms with van der Waals surface area (Å²) in [5.41, 5.74) is 0.310. The van der Waals surface area contributed by atoms with Crippen molar-refractivity contribution in [3.05, 3.63) is 41.3 Å². The highest BCUT2D eigenvalue weighted by Gasteiger charge is 2.33. The fourth-order valence-corrected chi connectivity index (χ4v) is 2.35. The molecule has 2 heterocycles. The number of aromatic nitrogens is 1. The molecular weight excluding hydrogens is 342 g/mol. The molecule has 0 saturated carbocycles. The number of furan rings is 1. The fourth-order valence-electron chi connectivity index (χ4n) is 2.35. The third-order valence-corrected chi connectivity index (χ3v) is 3.38. The lowest BCUT2D eigenvalue weighted by Crippen LogP contribution is -2.15. The lowest BCUT2D eigenvalue weighted by Gasteiger charge is -2.05. The van der Waals surface area contributed by atoms with Crippen LogP contribution in [0, 0.1) is 0 Å². The van der Waals surface area contributed by atoms with Crippen molar-refractivity contribution in [1.82, 2.24) is 4.98 Å². The highest BCUT2D eigenvalue weighted by molar-refractivity contribution is 6.02. The number of methoxy groups -OCH3 is 1. The Morgan fingerprint density at radius 1 is 1.08 bits per heavy atom. The van der Waals surface area contributed by atoms with Gasteiger partial charge in [-0.1, -0.05) is 6.07 Å². The van der Waals surface area contributed by atoms with Gasteiger partial charge in [0.25, 0.3) is 0 Å². The molecule has 0 N–H and O–H groups in total. The maximum Gasteiger partial charge on any atom is 0.374 e. The molecule has 0 bridgehead atoms. The number of carbonyl (C=O) groups is 3. The van der Waals surface area contributed by atoms with Crippen molar-refractivity contribution in [2.24, 2.45) is 0 Å². The maximum atomic E-state index is 12.3. The smallest absolute Gasteiger partial charge is 0.374 e. The number of nitrogens with zero attached hydrogens (tertiary/aromatic N) is 1. The van der Waals surface area contributed by atoms with Gasteiger partial charge in [-0.15, -0.1) is 0 Å². The monoisotopic (exact) mass is 361 g/mol. The minimum Gasteiger partial charge on any atom is -0.466 e. The van der Waals surface area contributed by atoms with Gasteiger partial charge in [0, 0.05) is 11.8 Å². The van der Waals surface area contributed by atoms with Crippen LogP contribution in [0.25, 0.3) is 11.5 Å². The van der Waals surface area contributed by atoms with E-state index in [-0.39, 0.29) is 42.3 Å². The topological polar surface area (TPSA) is 105 Å². The van der Waals surface area contributed by atoms with Crippen LogP contribution >= 0.6 is 0 Å². The van der Waals surface area contributed by atoms with E-state index >= 15 is 0 Å². The summed E-state index contributed by atoms with van der Waals surface area (Å²) in [5, 5.41) is 0. The van der Waals surface area contributed by atoms with Crippen LogP contribution in [0.15, 0.2) is 28.8 Å². The molecule has 0 aliphatic heterocycles. The van der Waals surface area contributed by atoms with Crippen LogP contribution in [0.3, 0.4) is 0 Å². The van der Waals surface area contributed by atoms with E-state index in [1.807, 2.05) is 0 Å². The Bertz CT molecular complexity index is 795. The minimum absolute atomic E-state index is 0.0276. The van der Waals surface area contributed by atoms with Gasteiger partial charge in [0.15, 0.2) is 5.76 Å². The van der Waals surface area contributed by atoms with E-state index in [1.54, 1.807) is 32.0 Å². The standard InChI is InChI=1S/C18H19NO7/c1-4-24-13(20)10-11-14(17(21)23-3)16(12-8-6-7-9-19-12)26-15(11)18(22)25-5-2/h6-9H,4-5,10H2,1-3H3. The van der Waals surface area contributed by atoms with Gasteiger partial charge < -0.3 is 18.6 Å². The van der Waals surface area contributed by atoms with E-state index < -0.39 is 17.9 Å². The predicted octanol–water partition coefficient (Wildman–Crippen LogP) is 2.41. The first-order valence-electron chi connectivity index (χ1n) is 8.01. The van der Waals surface area contributed by atoms with E-state index in [4.69, 9.17) is 18.6 Å². The first-order valence-corrected chi connectivity index (χ1v) is 8.01. The zero-order valence-corrected chi connectivity index (χ0v) is 14.7. The van der Waals surface area contributed by atoms with E-state index in [2.05, 4.69) is 4.98 Å². The molecule has 0 aliphatic rings. The van der Waals surface area contributed by atoms with E-state index in [1.165, 1.54) is 13.3 Å². The largest absolute Gasteiger partial charge is 0.466 e. The van der Waals surface area contributed by atoms with Crippen molar-refractivity contribution in [1.29, 1.82) is 0 Å². The zero-order valence-electron chi connectivity index (χ0n) is 14.7. The number of ether oxygens (including phenoxy) is 3. The molecule has 0 radical (unpaired) electrons. The fraction of sp³-hybridized carbons (Fsp3) is 0.333. The van der Waals surface area contributed by atoms with Gasteiger partial charge in [-0.3, -0.25) is 9.78 Å². The molecule has 0 fully saturated rings. The molecule has 2 aromatic heterocycles. The molecule has 0 atom stereocenters. The molecule has 0 amide bonds. The van der Waals surface area contributed by atoms with E-state index in [0.717, 1.165) is 0 Å². The van der Waals surface area contributed by atoms with Gasteiger partial charge in [-0.05, 0) is 26.0 Å². The van der Waals surface area contributed by atoms with Gasteiger partial charge in [-0.2, -0.15) is 0 Å². The summed E-state index contributed by atoms with van der Waals surface area (Å²) in [6, 6.07) is 4.99. The Labute approximate surface area is 150 Å². The second kappa shape index (κ2) is 8.80. The summed E-state index contributed by atoms with van der Waals surface area (Å²) in [6.45, 7) is 3.55. The van der Waals surface area contributed by atoms with Crippen LogP contribution in [-0.2, 0) is 25.4 Å². The normalized spacial score (nSPS) is 10.3. The van der Waals surface area contributed by atoms with Crippen LogP contribution < -0.4 is 0 Å². The molecule has 8 heteroatoms. The van der Waals surface area contributed by atoms with Crippen LogP contribution in [0.2, 0.25) is 0 Å². The Morgan fingerprint density at radius 3 is 2.38 bits per heavy atom. The highest BCUT2D eigenvalue weighted by atomic mass is 16.5. The SMILES string of the molecule is CCOC(=O)Cc1c(C(=O)OCC)oc(-c2ccccn2)c1C(=O)OC. The molecular formula is C18H19NO7. The van der Waals surface area contributed by atoms with Crippen molar-refractivity contribution in [2.75, 3.05) is 20.3 Å². The van der Waals surface area contributed by atoms with E-state index in [9.17, 15) is 14.4 Å². The number of esters is 3. The third kappa shape index (κ3) is 4.08. The lowest BCUT2D eigenvalue weighted by molar-refractivity contribution is -0.142. The first kappa shape index (κ1) is 19.2. The third-order valence-electron chi connectivity index (χ3n) is 3.38. The molecule has 0 saturated heterocycles. The summed E-state index contributed by atoms with van der Waals surface area (Å²) in [7, 11) is 1.19. The van der Waals surface area contributed by atoms with E-state index in [0.29, 0.717) is 5.69 Å².